The summed E-state index contributed by atoms with van der Waals surface area (Å²) in [6, 6.07) is -1.10. The molecular weight excluding hydrogens is 324 g/mol. The minimum absolute atomic E-state index is 0.129. The number of nitrogens with zero attached hydrogens (tertiary/aromatic N) is 2. The molecule has 3 saturated heterocycles. The number of hydroxylamine groups is 2. The lowest BCUT2D eigenvalue weighted by atomic mass is 9.61. The van der Waals surface area contributed by atoms with Crippen LogP contribution in [0, 0.1) is 5.41 Å². The minimum Gasteiger partial charge on any atom is -0.352 e. The van der Waals surface area contributed by atoms with E-state index in [1.165, 1.54) is 4.90 Å². The third-order valence-electron chi connectivity index (χ3n) is 5.47. The molecule has 0 aromatic rings. The molecule has 3 heterocycles. The van der Waals surface area contributed by atoms with Gasteiger partial charge in [-0.15, -0.1) is 4.28 Å². The molecule has 23 heavy (non-hydrogen) atoms. The molecule has 3 atom stereocenters. The maximum Gasteiger partial charge on any atom is 0.346 e. The first-order valence-corrected chi connectivity index (χ1v) is 8.91. The first kappa shape index (κ1) is 15.3. The summed E-state index contributed by atoms with van der Waals surface area (Å²) in [7, 11) is 0. The van der Waals surface area contributed by atoms with Crippen molar-refractivity contribution < 1.29 is 22.6 Å². The van der Waals surface area contributed by atoms with Gasteiger partial charge in [0.15, 0.2) is 0 Å². The number of nitrogens with one attached hydrogen (secondary N) is 2. The van der Waals surface area contributed by atoms with Gasteiger partial charge < -0.3 is 15.5 Å². The zero-order valence-corrected chi connectivity index (χ0v) is 13.4. The number of fused-ring (bicyclic) bond motifs is 2. The van der Waals surface area contributed by atoms with E-state index < -0.39 is 23.4 Å². The van der Waals surface area contributed by atoms with E-state index in [1.807, 2.05) is 0 Å². The lowest BCUT2D eigenvalue weighted by molar-refractivity contribution is -0.129. The Hall–Kier alpha value is -1.23. The lowest BCUT2D eigenvalue weighted by Crippen LogP contribution is -2.66. The van der Waals surface area contributed by atoms with Gasteiger partial charge in [-0.2, -0.15) is 9.27 Å². The van der Waals surface area contributed by atoms with Gasteiger partial charge in [0.2, 0.25) is 5.91 Å². The maximum absolute atomic E-state index is 12.5. The third-order valence-corrected chi connectivity index (χ3v) is 5.76. The van der Waals surface area contributed by atoms with Crippen LogP contribution in [-0.4, -0.2) is 68.4 Å². The zero-order valence-electron chi connectivity index (χ0n) is 12.6. The van der Waals surface area contributed by atoms with Crippen molar-refractivity contribution in [3.8, 4) is 0 Å². The topological polar surface area (TPSA) is 111 Å². The molecule has 4 aliphatic rings. The largest absolute Gasteiger partial charge is 0.352 e. The molecule has 3 aliphatic heterocycles. The summed E-state index contributed by atoms with van der Waals surface area (Å²) in [6.45, 7) is 2.41. The van der Waals surface area contributed by atoms with E-state index in [0.717, 1.165) is 31.0 Å². The van der Waals surface area contributed by atoms with Gasteiger partial charge in [0.25, 0.3) is 0 Å². The first-order chi connectivity index (χ1) is 11.0. The van der Waals surface area contributed by atoms with Crippen LogP contribution in [0.3, 0.4) is 0 Å². The number of rotatable bonds is 4. The van der Waals surface area contributed by atoms with Crippen LogP contribution in [-0.2, 0) is 20.4 Å². The molecule has 3 N–H and O–H groups in total. The Kier molecular flexibility index (Phi) is 3.59. The number of piperidine rings is 1. The zero-order chi connectivity index (χ0) is 16.2. The molecule has 128 valence electrons. The maximum atomic E-state index is 12.5. The standard InChI is InChI=1S/C13H20N4O5S/c18-11(15-8-3-13(4-8)6-14-7-13)10-2-1-9-5-16(10)12(19)17(9)22-23(20)21/h8-10,14H,1-7H2,(H,15,18)(H,20,21)/t9-,10+/m1/s1. The quantitative estimate of drug-likeness (QED) is 0.575. The van der Waals surface area contributed by atoms with Crippen LogP contribution in [0.25, 0.3) is 0 Å². The molecule has 4 rings (SSSR count). The van der Waals surface area contributed by atoms with Crippen LogP contribution in [0.1, 0.15) is 25.7 Å². The fourth-order valence-electron chi connectivity index (χ4n) is 4.22. The predicted octanol–water partition coefficient (Wildman–Crippen LogP) is -0.808. The summed E-state index contributed by atoms with van der Waals surface area (Å²) in [5.74, 6) is -0.129. The van der Waals surface area contributed by atoms with Crippen LogP contribution in [0.5, 0.6) is 0 Å². The number of amides is 3. The van der Waals surface area contributed by atoms with Gasteiger partial charge in [-0.3, -0.25) is 9.35 Å². The summed E-state index contributed by atoms with van der Waals surface area (Å²) >= 11 is -2.54. The average molecular weight is 344 g/mol. The van der Waals surface area contributed by atoms with Crippen molar-refractivity contribution in [3.05, 3.63) is 0 Å². The van der Waals surface area contributed by atoms with E-state index in [9.17, 15) is 13.8 Å². The van der Waals surface area contributed by atoms with Gasteiger partial charge in [0.1, 0.15) is 6.04 Å². The third kappa shape index (κ3) is 2.53. The predicted molar refractivity (Wildman–Crippen MR) is 79.1 cm³/mol. The highest BCUT2D eigenvalue weighted by Gasteiger charge is 2.51. The molecule has 0 radical (unpaired) electrons. The average Bonchev–Trinajstić information content (AvgIpc) is 2.65. The van der Waals surface area contributed by atoms with Crippen LogP contribution in [0.2, 0.25) is 0 Å². The molecule has 1 unspecified atom stereocenters. The van der Waals surface area contributed by atoms with Crippen molar-refractivity contribution in [2.24, 2.45) is 5.41 Å². The molecule has 1 aliphatic carbocycles. The SMILES string of the molecule is O=C(NC1CC2(CNC2)C1)[C@@H]1CC[C@@H]2CN1C(=O)N2OS(=O)O. The Balaban J connectivity index is 1.35. The summed E-state index contributed by atoms with van der Waals surface area (Å²) < 4.78 is 24.3. The highest BCUT2D eigenvalue weighted by Crippen LogP contribution is 2.44. The van der Waals surface area contributed by atoms with Crippen molar-refractivity contribution in [2.75, 3.05) is 19.6 Å². The molecule has 0 aromatic heterocycles. The molecule has 1 saturated carbocycles. The van der Waals surface area contributed by atoms with Crippen LogP contribution in [0.4, 0.5) is 4.79 Å². The van der Waals surface area contributed by atoms with Gasteiger partial charge in [0, 0.05) is 25.7 Å². The van der Waals surface area contributed by atoms with Crippen LogP contribution >= 0.6 is 0 Å². The summed E-state index contributed by atoms with van der Waals surface area (Å²) in [5, 5.41) is 7.23. The highest BCUT2D eigenvalue weighted by molar-refractivity contribution is 7.74. The van der Waals surface area contributed by atoms with Crippen LogP contribution < -0.4 is 10.6 Å². The number of carbonyl (C=O) groups excluding carboxylic acids is 2. The number of urea groups is 1. The van der Waals surface area contributed by atoms with Gasteiger partial charge in [-0.25, -0.2) is 4.79 Å². The van der Waals surface area contributed by atoms with Crippen molar-refractivity contribution in [3.63, 3.8) is 0 Å². The molecule has 2 bridgehead atoms. The van der Waals surface area contributed by atoms with E-state index in [0.29, 0.717) is 24.8 Å². The minimum atomic E-state index is -2.54. The van der Waals surface area contributed by atoms with E-state index in [1.54, 1.807) is 0 Å². The molecule has 9 nitrogen and oxygen atoms in total. The smallest absolute Gasteiger partial charge is 0.346 e. The van der Waals surface area contributed by atoms with Gasteiger partial charge in [0.05, 0.1) is 6.04 Å². The van der Waals surface area contributed by atoms with Crippen molar-refractivity contribution in [1.82, 2.24) is 20.6 Å². The van der Waals surface area contributed by atoms with E-state index >= 15 is 0 Å². The fraction of sp³-hybridized carbons (Fsp3) is 0.846. The Morgan fingerprint density at radius 3 is 2.74 bits per heavy atom. The fourth-order valence-corrected chi connectivity index (χ4v) is 4.55. The van der Waals surface area contributed by atoms with Crippen molar-refractivity contribution >= 4 is 23.3 Å². The Morgan fingerprint density at radius 2 is 2.13 bits per heavy atom. The number of hydrogen-bond donors (Lipinski definition) is 3. The Morgan fingerprint density at radius 1 is 1.39 bits per heavy atom. The highest BCUT2D eigenvalue weighted by atomic mass is 32.2. The van der Waals surface area contributed by atoms with E-state index in [-0.39, 0.29) is 18.0 Å². The molecule has 1 spiro atoms. The summed E-state index contributed by atoms with van der Waals surface area (Å²) in [5.41, 5.74) is 0.384. The van der Waals surface area contributed by atoms with Crippen LogP contribution in [0.15, 0.2) is 0 Å². The van der Waals surface area contributed by atoms with E-state index in [4.69, 9.17) is 4.55 Å². The Bertz CT molecular complexity index is 561. The van der Waals surface area contributed by atoms with Crippen molar-refractivity contribution in [1.29, 1.82) is 0 Å². The second-order valence-electron chi connectivity index (χ2n) is 7.02. The van der Waals surface area contributed by atoms with E-state index in [2.05, 4.69) is 14.9 Å². The monoisotopic (exact) mass is 344 g/mol. The number of hydrogen-bond acceptors (Lipinski definition) is 5. The van der Waals surface area contributed by atoms with Gasteiger partial charge in [-0.05, 0) is 31.1 Å². The molecular formula is C13H20N4O5S. The second kappa shape index (κ2) is 5.40. The molecule has 3 amide bonds. The Labute approximate surface area is 136 Å². The summed E-state index contributed by atoms with van der Waals surface area (Å²) in [4.78, 5) is 26.2. The molecule has 0 aromatic carbocycles. The molecule has 10 heteroatoms. The van der Waals surface area contributed by atoms with Gasteiger partial charge in [-0.1, -0.05) is 0 Å². The van der Waals surface area contributed by atoms with Gasteiger partial charge >= 0.3 is 17.4 Å². The number of carbonyl (C=O) groups is 2. The second-order valence-corrected chi connectivity index (χ2v) is 7.60. The van der Waals surface area contributed by atoms with Crippen molar-refractivity contribution in [2.45, 2.75) is 43.8 Å². The normalized spacial score (nSPS) is 33.3. The molecule has 4 fully saturated rings. The summed E-state index contributed by atoms with van der Waals surface area (Å²) in [6.07, 6.45) is 3.11. The lowest BCUT2D eigenvalue weighted by Gasteiger charge is -2.54. The first-order valence-electron chi connectivity index (χ1n) is 7.88.